The Morgan fingerprint density at radius 3 is 2.69 bits per heavy atom. The van der Waals surface area contributed by atoms with Crippen molar-refractivity contribution in [2.24, 2.45) is 0 Å². The first kappa shape index (κ1) is 10.8. The van der Waals surface area contributed by atoms with Gasteiger partial charge < -0.3 is 10.1 Å². The van der Waals surface area contributed by atoms with Crippen molar-refractivity contribution in [2.75, 3.05) is 19.0 Å². The molecule has 1 N–H and O–H groups in total. The first-order chi connectivity index (χ1) is 7.86. The second-order valence-corrected chi connectivity index (χ2v) is 3.76. The Bertz CT molecular complexity index is 479. The van der Waals surface area contributed by atoms with E-state index in [2.05, 4.69) is 30.4 Å². The molecular formula is C14H17NO. The Kier molecular flexibility index (Phi) is 3.30. The van der Waals surface area contributed by atoms with Gasteiger partial charge in [-0.05, 0) is 17.9 Å². The van der Waals surface area contributed by atoms with Crippen molar-refractivity contribution in [1.82, 2.24) is 0 Å². The van der Waals surface area contributed by atoms with E-state index < -0.39 is 0 Å². The molecule has 0 saturated carbocycles. The van der Waals surface area contributed by atoms with Crippen molar-refractivity contribution >= 4 is 16.5 Å². The SMILES string of the molecule is CCCOc1ccc2ccccc2c1NC. The van der Waals surface area contributed by atoms with Gasteiger partial charge in [0.25, 0.3) is 0 Å². The number of benzene rings is 2. The zero-order valence-electron chi connectivity index (χ0n) is 9.79. The van der Waals surface area contributed by atoms with Gasteiger partial charge in [-0.25, -0.2) is 0 Å². The van der Waals surface area contributed by atoms with Crippen LogP contribution >= 0.6 is 0 Å². The zero-order chi connectivity index (χ0) is 11.4. The van der Waals surface area contributed by atoms with Gasteiger partial charge in [0.1, 0.15) is 5.75 Å². The summed E-state index contributed by atoms with van der Waals surface area (Å²) in [7, 11) is 1.93. The van der Waals surface area contributed by atoms with Gasteiger partial charge in [-0.1, -0.05) is 37.3 Å². The molecule has 84 valence electrons. The van der Waals surface area contributed by atoms with E-state index in [4.69, 9.17) is 4.74 Å². The van der Waals surface area contributed by atoms with Gasteiger partial charge in [-0.2, -0.15) is 0 Å². The van der Waals surface area contributed by atoms with E-state index in [0.717, 1.165) is 24.5 Å². The average Bonchev–Trinajstić information content (AvgIpc) is 2.35. The molecule has 2 nitrogen and oxygen atoms in total. The summed E-state index contributed by atoms with van der Waals surface area (Å²) in [4.78, 5) is 0. The number of nitrogens with one attached hydrogen (secondary N) is 1. The summed E-state index contributed by atoms with van der Waals surface area (Å²) >= 11 is 0. The fourth-order valence-corrected chi connectivity index (χ4v) is 1.84. The largest absolute Gasteiger partial charge is 0.491 e. The third-order valence-electron chi connectivity index (χ3n) is 2.60. The molecule has 2 rings (SSSR count). The molecule has 0 atom stereocenters. The zero-order valence-corrected chi connectivity index (χ0v) is 9.79. The summed E-state index contributed by atoms with van der Waals surface area (Å²) in [6, 6.07) is 12.5. The Morgan fingerprint density at radius 2 is 1.94 bits per heavy atom. The van der Waals surface area contributed by atoms with Gasteiger partial charge in [0.2, 0.25) is 0 Å². The minimum Gasteiger partial charge on any atom is -0.491 e. The van der Waals surface area contributed by atoms with E-state index in [9.17, 15) is 0 Å². The lowest BCUT2D eigenvalue weighted by Crippen LogP contribution is -1.99. The molecule has 16 heavy (non-hydrogen) atoms. The quantitative estimate of drug-likeness (QED) is 0.840. The molecule has 2 aromatic carbocycles. The van der Waals surface area contributed by atoms with Gasteiger partial charge in [-0.15, -0.1) is 0 Å². The molecule has 0 spiro atoms. The van der Waals surface area contributed by atoms with Crippen LogP contribution in [0.25, 0.3) is 10.8 Å². The maximum Gasteiger partial charge on any atom is 0.143 e. The van der Waals surface area contributed by atoms with Gasteiger partial charge >= 0.3 is 0 Å². The highest BCUT2D eigenvalue weighted by molar-refractivity contribution is 5.96. The molecule has 0 amide bonds. The van der Waals surface area contributed by atoms with Crippen LogP contribution in [0.4, 0.5) is 5.69 Å². The molecule has 0 aliphatic heterocycles. The molecule has 0 unspecified atom stereocenters. The summed E-state index contributed by atoms with van der Waals surface area (Å²) in [6.45, 7) is 2.87. The number of rotatable bonds is 4. The first-order valence-electron chi connectivity index (χ1n) is 5.69. The van der Waals surface area contributed by atoms with Crippen molar-refractivity contribution in [2.45, 2.75) is 13.3 Å². The van der Waals surface area contributed by atoms with Crippen LogP contribution in [0, 0.1) is 0 Å². The smallest absolute Gasteiger partial charge is 0.143 e. The van der Waals surface area contributed by atoms with Crippen LogP contribution in [0.1, 0.15) is 13.3 Å². The number of hydrogen-bond donors (Lipinski definition) is 1. The standard InChI is InChI=1S/C14H17NO/c1-3-10-16-13-9-8-11-6-4-5-7-12(11)14(13)15-2/h4-9,15H,3,10H2,1-2H3. The average molecular weight is 215 g/mol. The molecule has 2 heteroatoms. The number of hydrogen-bond acceptors (Lipinski definition) is 2. The van der Waals surface area contributed by atoms with Crippen molar-refractivity contribution < 1.29 is 4.74 Å². The second-order valence-electron chi connectivity index (χ2n) is 3.76. The van der Waals surface area contributed by atoms with Crippen LogP contribution in [0.15, 0.2) is 36.4 Å². The van der Waals surface area contributed by atoms with E-state index in [-0.39, 0.29) is 0 Å². The van der Waals surface area contributed by atoms with Crippen molar-refractivity contribution in [3.05, 3.63) is 36.4 Å². The van der Waals surface area contributed by atoms with Crippen molar-refractivity contribution in [3.8, 4) is 5.75 Å². The highest BCUT2D eigenvalue weighted by atomic mass is 16.5. The van der Waals surface area contributed by atoms with Crippen LogP contribution in [0.2, 0.25) is 0 Å². The molecule has 0 fully saturated rings. The fourth-order valence-electron chi connectivity index (χ4n) is 1.84. The highest BCUT2D eigenvalue weighted by Crippen LogP contribution is 2.32. The van der Waals surface area contributed by atoms with E-state index >= 15 is 0 Å². The van der Waals surface area contributed by atoms with E-state index in [0.29, 0.717) is 0 Å². The van der Waals surface area contributed by atoms with Crippen LogP contribution < -0.4 is 10.1 Å². The predicted octanol–water partition coefficient (Wildman–Crippen LogP) is 3.67. The van der Waals surface area contributed by atoms with Crippen LogP contribution in [-0.2, 0) is 0 Å². The lowest BCUT2D eigenvalue weighted by molar-refractivity contribution is 0.319. The molecule has 0 heterocycles. The van der Waals surface area contributed by atoms with Crippen molar-refractivity contribution in [3.63, 3.8) is 0 Å². The predicted molar refractivity (Wildman–Crippen MR) is 69.3 cm³/mol. The monoisotopic (exact) mass is 215 g/mol. The summed E-state index contributed by atoms with van der Waals surface area (Å²) in [5, 5.41) is 5.66. The molecular weight excluding hydrogens is 198 g/mol. The minimum absolute atomic E-state index is 0.757. The third kappa shape index (κ3) is 1.96. The lowest BCUT2D eigenvalue weighted by Gasteiger charge is -2.13. The highest BCUT2D eigenvalue weighted by Gasteiger charge is 2.06. The Balaban J connectivity index is 2.50. The molecule has 0 aliphatic carbocycles. The van der Waals surface area contributed by atoms with Crippen LogP contribution in [0.3, 0.4) is 0 Å². The molecule has 0 aromatic heterocycles. The maximum atomic E-state index is 5.72. The fraction of sp³-hybridized carbons (Fsp3) is 0.286. The Hall–Kier alpha value is -1.70. The Morgan fingerprint density at radius 1 is 1.12 bits per heavy atom. The molecule has 0 bridgehead atoms. The third-order valence-corrected chi connectivity index (χ3v) is 2.60. The summed E-state index contributed by atoms with van der Waals surface area (Å²) in [5.41, 5.74) is 1.08. The summed E-state index contributed by atoms with van der Waals surface area (Å²) < 4.78 is 5.72. The van der Waals surface area contributed by atoms with E-state index in [1.54, 1.807) is 0 Å². The maximum absolute atomic E-state index is 5.72. The van der Waals surface area contributed by atoms with Crippen LogP contribution in [-0.4, -0.2) is 13.7 Å². The normalized spacial score (nSPS) is 10.4. The molecule has 0 radical (unpaired) electrons. The van der Waals surface area contributed by atoms with Gasteiger partial charge in [0.05, 0.1) is 12.3 Å². The van der Waals surface area contributed by atoms with Gasteiger partial charge in [-0.3, -0.25) is 0 Å². The van der Waals surface area contributed by atoms with Gasteiger partial charge in [0, 0.05) is 12.4 Å². The molecule has 0 saturated heterocycles. The number of ether oxygens (including phenoxy) is 1. The topological polar surface area (TPSA) is 21.3 Å². The van der Waals surface area contributed by atoms with E-state index in [1.807, 2.05) is 25.2 Å². The van der Waals surface area contributed by atoms with Crippen LogP contribution in [0.5, 0.6) is 5.75 Å². The van der Waals surface area contributed by atoms with E-state index in [1.165, 1.54) is 10.8 Å². The summed E-state index contributed by atoms with van der Waals surface area (Å²) in [6.07, 6.45) is 1.02. The number of fused-ring (bicyclic) bond motifs is 1. The molecule has 0 aliphatic rings. The first-order valence-corrected chi connectivity index (χ1v) is 5.69. The number of anilines is 1. The van der Waals surface area contributed by atoms with Crippen molar-refractivity contribution in [1.29, 1.82) is 0 Å². The lowest BCUT2D eigenvalue weighted by atomic mass is 10.1. The molecule has 2 aromatic rings. The summed E-state index contributed by atoms with van der Waals surface area (Å²) in [5.74, 6) is 0.933. The Labute approximate surface area is 96.2 Å². The second kappa shape index (κ2) is 4.88. The van der Waals surface area contributed by atoms with Gasteiger partial charge in [0.15, 0.2) is 0 Å². The minimum atomic E-state index is 0.757.